The number of nitrogens with zero attached hydrogens (tertiary/aromatic N) is 3. The lowest BCUT2D eigenvalue weighted by Gasteiger charge is -2.40. The van der Waals surface area contributed by atoms with E-state index in [1.165, 1.54) is 28.7 Å². The van der Waals surface area contributed by atoms with Crippen LogP contribution in [0.1, 0.15) is 34.9 Å². The van der Waals surface area contributed by atoms with Crippen molar-refractivity contribution in [2.45, 2.75) is 59.2 Å². The maximum absolute atomic E-state index is 13.8. The predicted molar refractivity (Wildman–Crippen MR) is 198 cm³/mol. The second-order valence-corrected chi connectivity index (χ2v) is 15.5. The molecule has 3 unspecified atom stereocenters. The first-order valence-electron chi connectivity index (χ1n) is 16.1. The van der Waals surface area contributed by atoms with Crippen molar-refractivity contribution in [2.75, 3.05) is 22.1 Å². The summed E-state index contributed by atoms with van der Waals surface area (Å²) in [6.45, 7) is 4.48. The van der Waals surface area contributed by atoms with Gasteiger partial charge in [0.2, 0.25) is 5.91 Å². The fourth-order valence-electron chi connectivity index (χ4n) is 6.37. The SMILES string of the molecule is CCC(Sc1cccc(NC(=O)N2c3ccccc3SC3C=CC=CC32)c1)C(=O)Nc1sc2c(c1C#N)CCN(Cc1ccccc1)C2. The van der Waals surface area contributed by atoms with E-state index >= 15 is 0 Å². The number of thiophene rings is 1. The molecule has 0 saturated heterocycles. The van der Waals surface area contributed by atoms with Crippen LogP contribution in [0.5, 0.6) is 0 Å². The number of allylic oxidation sites excluding steroid dienone is 2. The van der Waals surface area contributed by atoms with Gasteiger partial charge >= 0.3 is 6.03 Å². The molecule has 4 aromatic rings. The number of fused-ring (bicyclic) bond motifs is 3. The predicted octanol–water partition coefficient (Wildman–Crippen LogP) is 8.69. The highest BCUT2D eigenvalue weighted by Crippen LogP contribution is 2.44. The molecule has 0 fully saturated rings. The van der Waals surface area contributed by atoms with Crippen LogP contribution in [0.2, 0.25) is 0 Å². The summed E-state index contributed by atoms with van der Waals surface area (Å²) in [7, 11) is 0. The largest absolute Gasteiger partial charge is 0.326 e. The number of nitrogens with one attached hydrogen (secondary N) is 2. The minimum atomic E-state index is -0.373. The third-order valence-electron chi connectivity index (χ3n) is 8.72. The van der Waals surface area contributed by atoms with Crippen LogP contribution in [0, 0.1) is 11.3 Å². The molecule has 0 radical (unpaired) electrons. The van der Waals surface area contributed by atoms with Crippen molar-refractivity contribution in [3.63, 3.8) is 0 Å². The molecule has 0 spiro atoms. The van der Waals surface area contributed by atoms with Crippen molar-refractivity contribution >= 4 is 63.2 Å². The average Bonchev–Trinajstić information content (AvgIpc) is 3.45. The first-order chi connectivity index (χ1) is 23.5. The Bertz CT molecular complexity index is 1930. The molecule has 3 aliphatic rings. The van der Waals surface area contributed by atoms with Gasteiger partial charge in [-0.2, -0.15) is 5.26 Å². The zero-order valence-electron chi connectivity index (χ0n) is 26.5. The minimum Gasteiger partial charge on any atom is -0.316 e. The van der Waals surface area contributed by atoms with Crippen molar-refractivity contribution in [2.24, 2.45) is 0 Å². The molecule has 10 heteroatoms. The molecule has 0 saturated carbocycles. The maximum atomic E-state index is 13.8. The summed E-state index contributed by atoms with van der Waals surface area (Å²) in [6.07, 6.45) is 9.65. The van der Waals surface area contributed by atoms with Gasteiger partial charge in [0.05, 0.1) is 27.8 Å². The summed E-state index contributed by atoms with van der Waals surface area (Å²) in [5.74, 6) is -0.126. The number of benzene rings is 3. The highest BCUT2D eigenvalue weighted by atomic mass is 32.2. The first-order valence-corrected chi connectivity index (χ1v) is 18.7. The molecule has 48 heavy (non-hydrogen) atoms. The van der Waals surface area contributed by atoms with Gasteiger partial charge in [-0.25, -0.2) is 4.79 Å². The molecule has 3 amide bonds. The number of anilines is 3. The van der Waals surface area contributed by atoms with Crippen molar-refractivity contribution in [1.82, 2.24) is 4.90 Å². The van der Waals surface area contributed by atoms with Gasteiger partial charge in [-0.05, 0) is 54.3 Å². The van der Waals surface area contributed by atoms with E-state index < -0.39 is 0 Å². The summed E-state index contributed by atoms with van der Waals surface area (Å²) < 4.78 is 0. The fraction of sp³-hybridized carbons (Fsp3) is 0.237. The summed E-state index contributed by atoms with van der Waals surface area (Å²) in [6, 6.07) is 28.2. The molecule has 7 nitrogen and oxygen atoms in total. The Morgan fingerprint density at radius 1 is 1.02 bits per heavy atom. The van der Waals surface area contributed by atoms with Gasteiger partial charge in [0.15, 0.2) is 0 Å². The molecular weight excluding hydrogens is 655 g/mol. The Labute approximate surface area is 293 Å². The second-order valence-electron chi connectivity index (χ2n) is 11.9. The van der Waals surface area contributed by atoms with Gasteiger partial charge in [0.1, 0.15) is 11.1 Å². The molecule has 2 N–H and O–H groups in total. The van der Waals surface area contributed by atoms with E-state index in [0.717, 1.165) is 52.0 Å². The van der Waals surface area contributed by atoms with E-state index in [9.17, 15) is 14.9 Å². The molecule has 7 rings (SSSR count). The zero-order chi connectivity index (χ0) is 33.0. The van der Waals surface area contributed by atoms with Crippen molar-refractivity contribution in [3.05, 3.63) is 125 Å². The number of urea groups is 1. The van der Waals surface area contributed by atoms with Crippen LogP contribution >= 0.6 is 34.9 Å². The highest BCUT2D eigenvalue weighted by molar-refractivity contribution is 8.00. The van der Waals surface area contributed by atoms with E-state index in [1.807, 2.05) is 72.5 Å². The summed E-state index contributed by atoms with van der Waals surface area (Å²) >= 11 is 4.76. The molecule has 3 heterocycles. The van der Waals surface area contributed by atoms with Crippen LogP contribution in [-0.4, -0.2) is 39.9 Å². The van der Waals surface area contributed by atoms with E-state index in [4.69, 9.17) is 0 Å². The monoisotopic (exact) mass is 689 g/mol. The number of hydrogen-bond donors (Lipinski definition) is 2. The zero-order valence-corrected chi connectivity index (χ0v) is 28.9. The van der Waals surface area contributed by atoms with E-state index in [-0.39, 0.29) is 28.5 Å². The Morgan fingerprint density at radius 3 is 2.67 bits per heavy atom. The Morgan fingerprint density at radius 2 is 1.83 bits per heavy atom. The summed E-state index contributed by atoms with van der Waals surface area (Å²) in [5, 5.41) is 16.7. The van der Waals surface area contributed by atoms with Gasteiger partial charge < -0.3 is 10.6 Å². The lowest BCUT2D eigenvalue weighted by molar-refractivity contribution is -0.115. The number of hydrogen-bond acceptors (Lipinski definition) is 7. The molecular formula is C38H35N5O2S3. The fourth-order valence-corrected chi connectivity index (χ4v) is 9.89. The number of carbonyl (C=O) groups is 2. The number of nitriles is 1. The van der Waals surface area contributed by atoms with Crippen LogP contribution < -0.4 is 15.5 Å². The molecule has 3 atom stereocenters. The van der Waals surface area contributed by atoms with Crippen molar-refractivity contribution in [3.8, 4) is 6.07 Å². The normalized spacial score (nSPS) is 18.6. The molecule has 1 aromatic heterocycles. The van der Waals surface area contributed by atoms with Crippen LogP contribution in [0.4, 0.5) is 21.2 Å². The standard InChI is InChI=1S/C38H35N5O2S3/c1-2-32(36(44)41-37-29(22-39)28-19-20-42(24-35(28)48-37)23-25-11-4-3-5-12-25)46-27-14-10-13-26(21-27)40-38(45)43-30-15-6-8-17-33(30)47-34-18-9-7-16-31(34)43/h3-18,21,30,32-33H,2,19-20,23-24H2,1H3,(H,40,45)(H,41,44). The smallest absolute Gasteiger partial charge is 0.316 e. The lowest BCUT2D eigenvalue weighted by Crippen LogP contribution is -2.49. The van der Waals surface area contributed by atoms with Gasteiger partial charge in [-0.3, -0.25) is 14.6 Å². The number of thioether (sulfide) groups is 2. The third-order valence-corrected chi connectivity index (χ3v) is 12.5. The first kappa shape index (κ1) is 32.3. The number of amides is 3. The van der Waals surface area contributed by atoms with Gasteiger partial charge in [-0.1, -0.05) is 79.8 Å². The maximum Gasteiger partial charge on any atom is 0.326 e. The van der Waals surface area contributed by atoms with Crippen LogP contribution in [-0.2, 0) is 24.3 Å². The third kappa shape index (κ3) is 6.82. The second kappa shape index (κ2) is 14.5. The molecule has 2 aliphatic heterocycles. The van der Waals surface area contributed by atoms with Gasteiger partial charge in [0, 0.05) is 40.0 Å². The average molecular weight is 690 g/mol. The number of para-hydroxylation sites is 1. The van der Waals surface area contributed by atoms with Gasteiger partial charge in [0.25, 0.3) is 0 Å². The van der Waals surface area contributed by atoms with Gasteiger partial charge in [-0.15, -0.1) is 34.9 Å². The molecule has 1 aliphatic carbocycles. The van der Waals surface area contributed by atoms with Crippen LogP contribution in [0.3, 0.4) is 0 Å². The van der Waals surface area contributed by atoms with E-state index in [0.29, 0.717) is 22.7 Å². The lowest BCUT2D eigenvalue weighted by atomic mass is 10.0. The molecule has 3 aromatic carbocycles. The van der Waals surface area contributed by atoms with E-state index in [1.54, 1.807) is 11.8 Å². The topological polar surface area (TPSA) is 88.5 Å². The Balaban J connectivity index is 1.02. The summed E-state index contributed by atoms with van der Waals surface area (Å²) in [4.78, 5) is 34.7. The van der Waals surface area contributed by atoms with E-state index in [2.05, 4.69) is 64.1 Å². The Hall–Kier alpha value is -4.27. The van der Waals surface area contributed by atoms with Crippen LogP contribution in [0.15, 0.2) is 113 Å². The molecule has 0 bridgehead atoms. The quantitative estimate of drug-likeness (QED) is 0.180. The minimum absolute atomic E-state index is 0.0891. The Kier molecular flexibility index (Phi) is 9.73. The highest BCUT2D eigenvalue weighted by Gasteiger charge is 2.36. The van der Waals surface area contributed by atoms with Crippen LogP contribution in [0.25, 0.3) is 0 Å². The number of carbonyl (C=O) groups excluding carboxylic acids is 2. The van der Waals surface area contributed by atoms with Crippen molar-refractivity contribution in [1.29, 1.82) is 5.26 Å². The summed E-state index contributed by atoms with van der Waals surface area (Å²) in [5.41, 5.74) is 4.48. The number of rotatable bonds is 8. The molecule has 242 valence electrons. The van der Waals surface area contributed by atoms with Crippen molar-refractivity contribution < 1.29 is 9.59 Å².